The standard InChI is InChI=1S/C25H32N/c1-8-17(4)20-9-10-23-21(14-20)11-12-26(7)25(23)24-15-22(16(2)3)13-18(5)19(24)6/h9-17H,8H2,1-7H3/q+1/i2D3,11D,12D,16D. The first kappa shape index (κ1) is 12.3. The minimum atomic E-state index is -2.48. The molecule has 0 radical (unpaired) electrons. The van der Waals surface area contributed by atoms with E-state index < -0.39 is 12.7 Å². The first-order valence-corrected chi connectivity index (χ1v) is 9.27. The Balaban J connectivity index is 2.42. The van der Waals surface area contributed by atoms with Crippen LogP contribution in [-0.2, 0) is 7.05 Å². The van der Waals surface area contributed by atoms with Gasteiger partial charge in [-0.25, -0.2) is 4.57 Å². The number of fused-ring (bicyclic) bond motifs is 1. The van der Waals surface area contributed by atoms with E-state index in [2.05, 4.69) is 19.9 Å². The highest BCUT2D eigenvalue weighted by molar-refractivity contribution is 5.94. The number of nitrogens with zero attached hydrogens (tertiary/aromatic N) is 1. The number of rotatable bonds is 4. The monoisotopic (exact) mass is 352 g/mol. The van der Waals surface area contributed by atoms with Gasteiger partial charge < -0.3 is 0 Å². The Morgan fingerprint density at radius 1 is 1.15 bits per heavy atom. The molecular weight excluding hydrogens is 314 g/mol. The summed E-state index contributed by atoms with van der Waals surface area (Å²) in [6.07, 6.45) is 1.08. The van der Waals surface area contributed by atoms with Gasteiger partial charge in [0.1, 0.15) is 8.42 Å². The van der Waals surface area contributed by atoms with Crippen LogP contribution in [0.4, 0.5) is 0 Å². The van der Waals surface area contributed by atoms with Crippen molar-refractivity contribution in [3.8, 4) is 11.3 Å². The average molecular weight is 353 g/mol. The van der Waals surface area contributed by atoms with Crippen molar-refractivity contribution in [2.45, 2.75) is 59.7 Å². The van der Waals surface area contributed by atoms with Crippen LogP contribution in [0.25, 0.3) is 22.0 Å². The summed E-state index contributed by atoms with van der Waals surface area (Å²) in [7, 11) is 1.77. The molecule has 1 aromatic heterocycles. The quantitative estimate of drug-likeness (QED) is 0.467. The average Bonchev–Trinajstić information content (AvgIpc) is 2.73. The first-order valence-electron chi connectivity index (χ1n) is 12.3. The van der Waals surface area contributed by atoms with Crippen molar-refractivity contribution in [3.05, 3.63) is 64.8 Å². The molecule has 0 saturated heterocycles. The lowest BCUT2D eigenvalue weighted by Gasteiger charge is -2.15. The number of hydrogen-bond donors (Lipinski definition) is 0. The lowest BCUT2D eigenvalue weighted by molar-refractivity contribution is -0.659. The molecule has 2 atom stereocenters. The minimum absolute atomic E-state index is 0.0979. The van der Waals surface area contributed by atoms with E-state index >= 15 is 0 Å². The van der Waals surface area contributed by atoms with Gasteiger partial charge in [-0.3, -0.25) is 0 Å². The maximum absolute atomic E-state index is 8.60. The van der Waals surface area contributed by atoms with Gasteiger partial charge in [0.25, 0.3) is 0 Å². The van der Waals surface area contributed by atoms with Crippen molar-refractivity contribution >= 4 is 10.8 Å². The Labute approximate surface area is 167 Å². The Morgan fingerprint density at radius 3 is 2.62 bits per heavy atom. The van der Waals surface area contributed by atoms with Crippen LogP contribution in [0, 0.1) is 13.8 Å². The molecule has 3 rings (SSSR count). The molecular formula is C25H32N+. The Bertz CT molecular complexity index is 1190. The fourth-order valence-electron chi connectivity index (χ4n) is 3.44. The minimum Gasteiger partial charge on any atom is -0.200 e. The summed E-state index contributed by atoms with van der Waals surface area (Å²) in [6, 6.07) is 9.83. The fraction of sp³-hybridized carbons (Fsp3) is 0.400. The molecule has 0 N–H and O–H groups in total. The maximum Gasteiger partial charge on any atom is 0.220 e. The zero-order valence-corrected chi connectivity index (χ0v) is 16.6. The Morgan fingerprint density at radius 2 is 1.92 bits per heavy atom. The van der Waals surface area contributed by atoms with Gasteiger partial charge in [-0.1, -0.05) is 45.8 Å². The van der Waals surface area contributed by atoms with Crippen LogP contribution in [0.1, 0.15) is 76.3 Å². The van der Waals surface area contributed by atoms with Crippen LogP contribution >= 0.6 is 0 Å². The molecule has 0 fully saturated rings. The molecule has 136 valence electrons. The third kappa shape index (κ3) is 3.28. The summed E-state index contributed by atoms with van der Waals surface area (Å²) in [6.45, 7) is 7.12. The van der Waals surface area contributed by atoms with Crippen molar-refractivity contribution in [2.24, 2.45) is 7.05 Å². The second-order valence-electron chi connectivity index (χ2n) is 7.35. The number of pyridine rings is 1. The molecule has 0 bridgehead atoms. The van der Waals surface area contributed by atoms with Crippen molar-refractivity contribution in [3.63, 3.8) is 0 Å². The predicted octanol–water partition coefficient (Wildman–Crippen LogP) is 6.59. The topological polar surface area (TPSA) is 3.88 Å². The number of aromatic nitrogens is 1. The van der Waals surface area contributed by atoms with Gasteiger partial charge in [0.15, 0.2) is 6.17 Å². The molecule has 0 aliphatic carbocycles. The molecule has 1 nitrogen and oxygen atoms in total. The highest BCUT2D eigenvalue weighted by atomic mass is 14.9. The molecule has 0 amide bonds. The fourth-order valence-corrected chi connectivity index (χ4v) is 3.44. The molecule has 26 heavy (non-hydrogen) atoms. The molecule has 0 aliphatic rings. The van der Waals surface area contributed by atoms with Crippen LogP contribution in [0.15, 0.2) is 42.5 Å². The first-order chi connectivity index (χ1) is 14.7. The molecule has 0 saturated carbocycles. The summed E-state index contributed by atoms with van der Waals surface area (Å²) in [5.74, 6) is -1.42. The zero-order chi connectivity index (χ0) is 24.2. The van der Waals surface area contributed by atoms with E-state index in [0.717, 1.165) is 39.8 Å². The van der Waals surface area contributed by atoms with Gasteiger partial charge >= 0.3 is 0 Å². The zero-order valence-electron chi connectivity index (χ0n) is 22.6. The van der Waals surface area contributed by atoms with Gasteiger partial charge in [0.05, 0.1) is 12.3 Å². The number of aryl methyl sites for hydroxylation is 1. The Hall–Kier alpha value is -2.15. The van der Waals surface area contributed by atoms with Gasteiger partial charge in [0, 0.05) is 11.5 Å². The second kappa shape index (κ2) is 7.23. The Kier molecular flexibility index (Phi) is 3.41. The predicted molar refractivity (Wildman–Crippen MR) is 113 cm³/mol. The van der Waals surface area contributed by atoms with E-state index in [9.17, 15) is 0 Å². The van der Waals surface area contributed by atoms with Crippen LogP contribution < -0.4 is 4.57 Å². The molecule has 2 aromatic carbocycles. The van der Waals surface area contributed by atoms with Crippen molar-refractivity contribution in [1.29, 1.82) is 0 Å². The highest BCUT2D eigenvalue weighted by Crippen LogP contribution is 2.33. The van der Waals surface area contributed by atoms with Crippen LogP contribution in [0.3, 0.4) is 0 Å². The highest BCUT2D eigenvalue weighted by Gasteiger charge is 2.20. The van der Waals surface area contributed by atoms with Crippen molar-refractivity contribution in [1.82, 2.24) is 0 Å². The van der Waals surface area contributed by atoms with E-state index in [1.807, 2.05) is 26.0 Å². The second-order valence-corrected chi connectivity index (χ2v) is 7.35. The van der Waals surface area contributed by atoms with Crippen LogP contribution in [0.5, 0.6) is 0 Å². The van der Waals surface area contributed by atoms with E-state index in [1.165, 1.54) is 6.92 Å². The summed E-state index contributed by atoms with van der Waals surface area (Å²) in [5.41, 5.74) is 4.97. The van der Waals surface area contributed by atoms with E-state index in [-0.39, 0.29) is 12.2 Å². The molecule has 1 heteroatoms. The summed E-state index contributed by atoms with van der Waals surface area (Å²) in [5, 5.41) is 1.56. The largest absolute Gasteiger partial charge is 0.220 e. The molecule has 0 aliphatic heterocycles. The summed E-state index contributed by atoms with van der Waals surface area (Å²) in [4.78, 5) is 0. The van der Waals surface area contributed by atoms with E-state index in [1.54, 1.807) is 23.7 Å². The van der Waals surface area contributed by atoms with E-state index in [4.69, 9.17) is 8.22 Å². The lowest BCUT2D eigenvalue weighted by Crippen LogP contribution is -2.31. The molecule has 0 spiro atoms. The molecule has 2 unspecified atom stereocenters. The third-order valence-corrected chi connectivity index (χ3v) is 5.53. The summed E-state index contributed by atoms with van der Waals surface area (Å²) < 4.78 is 51.1. The summed E-state index contributed by atoms with van der Waals surface area (Å²) >= 11 is 0. The number of benzene rings is 2. The number of hydrogen-bond acceptors (Lipinski definition) is 0. The van der Waals surface area contributed by atoms with Gasteiger partial charge in [0.2, 0.25) is 5.69 Å². The van der Waals surface area contributed by atoms with Gasteiger partial charge in [-0.2, -0.15) is 0 Å². The molecule has 1 heterocycles. The van der Waals surface area contributed by atoms with Crippen molar-refractivity contribution in [2.75, 3.05) is 0 Å². The SMILES string of the molecule is [2H]c1c([2H])[n+](C)c(-c2cc(C([2H])(C)C([2H])([2H])[2H])cc(C)c2C)c2ccc(C(C)CC)cc12. The smallest absolute Gasteiger partial charge is 0.200 e. The van der Waals surface area contributed by atoms with Gasteiger partial charge in [-0.15, -0.1) is 0 Å². The normalized spacial score (nSPS) is 18.8. The van der Waals surface area contributed by atoms with Crippen LogP contribution in [-0.4, -0.2) is 0 Å². The van der Waals surface area contributed by atoms with E-state index in [0.29, 0.717) is 16.9 Å². The third-order valence-electron chi connectivity index (χ3n) is 5.53. The molecule has 3 aromatic rings. The van der Waals surface area contributed by atoms with Crippen LogP contribution in [0.2, 0.25) is 0 Å². The van der Waals surface area contributed by atoms with Crippen molar-refractivity contribution < 1.29 is 12.8 Å². The van der Waals surface area contributed by atoms with Gasteiger partial charge in [-0.05, 0) is 71.9 Å². The lowest BCUT2D eigenvalue weighted by atomic mass is 9.90. The maximum atomic E-state index is 8.60.